The zero-order chi connectivity index (χ0) is 24.4. The van der Waals surface area contributed by atoms with Crippen molar-refractivity contribution in [1.82, 2.24) is 34.5 Å². The molecular weight excluding hydrogens is 469 g/mol. The predicted octanol–water partition coefficient (Wildman–Crippen LogP) is 1.63. The second-order valence-electron chi connectivity index (χ2n) is 8.68. The van der Waals surface area contributed by atoms with Crippen LogP contribution in [0.15, 0.2) is 46.6 Å². The molecule has 0 aromatic carbocycles. The molecule has 1 saturated carbocycles. The van der Waals surface area contributed by atoms with Crippen molar-refractivity contribution in [1.29, 1.82) is 0 Å². The lowest BCUT2D eigenvalue weighted by atomic mass is 10.0. The van der Waals surface area contributed by atoms with Crippen molar-refractivity contribution in [2.24, 2.45) is 5.41 Å². The minimum Gasteiger partial charge on any atom is -0.471 e. The molecule has 11 nitrogen and oxygen atoms in total. The van der Waals surface area contributed by atoms with E-state index in [0.717, 1.165) is 19.0 Å². The molecule has 0 radical (unpaired) electrons. The summed E-state index contributed by atoms with van der Waals surface area (Å²) in [6.45, 7) is 1.05. The van der Waals surface area contributed by atoms with Crippen LogP contribution < -0.4 is 20.9 Å². The number of imidazole rings is 1. The number of alkyl halides is 3. The van der Waals surface area contributed by atoms with Crippen LogP contribution in [-0.2, 0) is 6.18 Å². The van der Waals surface area contributed by atoms with Crippen molar-refractivity contribution < 1.29 is 17.9 Å². The summed E-state index contributed by atoms with van der Waals surface area (Å²) >= 11 is 0. The molecule has 2 fully saturated rings. The fourth-order valence-electron chi connectivity index (χ4n) is 4.46. The predicted molar refractivity (Wildman–Crippen MR) is 115 cm³/mol. The van der Waals surface area contributed by atoms with Gasteiger partial charge in [-0.2, -0.15) is 18.3 Å². The third-order valence-corrected chi connectivity index (χ3v) is 6.42. The first-order chi connectivity index (χ1) is 16.7. The number of nitrogens with one attached hydrogen (secondary N) is 2. The van der Waals surface area contributed by atoms with Crippen LogP contribution in [0.3, 0.4) is 0 Å². The van der Waals surface area contributed by atoms with E-state index in [1.807, 2.05) is 0 Å². The number of aromatic amines is 2. The van der Waals surface area contributed by atoms with Crippen LogP contribution in [0, 0.1) is 5.41 Å². The average Bonchev–Trinajstić information content (AvgIpc) is 3.27. The Morgan fingerprint density at radius 1 is 1.14 bits per heavy atom. The molecule has 35 heavy (non-hydrogen) atoms. The normalized spacial score (nSPS) is 18.9. The number of nitrogens with zero attached hydrogens (tertiary/aromatic N) is 6. The Morgan fingerprint density at radius 3 is 2.66 bits per heavy atom. The van der Waals surface area contributed by atoms with Gasteiger partial charge in [-0.05, 0) is 18.9 Å². The van der Waals surface area contributed by atoms with Gasteiger partial charge in [-0.15, -0.1) is 0 Å². The van der Waals surface area contributed by atoms with E-state index in [-0.39, 0.29) is 23.0 Å². The molecule has 14 heteroatoms. The number of hydrogen-bond donors (Lipinski definition) is 2. The number of fused-ring (bicyclic) bond motifs is 1. The van der Waals surface area contributed by atoms with Gasteiger partial charge in [0.2, 0.25) is 5.88 Å². The molecule has 1 saturated heterocycles. The molecule has 0 bridgehead atoms. The summed E-state index contributed by atoms with van der Waals surface area (Å²) in [5.41, 5.74) is -0.644. The minimum absolute atomic E-state index is 0.0253. The Balaban J connectivity index is 1.32. The van der Waals surface area contributed by atoms with E-state index in [1.165, 1.54) is 6.20 Å². The lowest BCUT2D eigenvalue weighted by Crippen LogP contribution is -2.28. The van der Waals surface area contributed by atoms with E-state index in [4.69, 9.17) is 4.74 Å². The van der Waals surface area contributed by atoms with Crippen LogP contribution >= 0.6 is 0 Å². The second kappa shape index (κ2) is 7.38. The van der Waals surface area contributed by atoms with E-state index in [1.54, 1.807) is 23.0 Å². The average molecular weight is 486 g/mol. The molecule has 1 unspecified atom stereocenters. The Morgan fingerprint density at radius 2 is 1.97 bits per heavy atom. The first kappa shape index (κ1) is 21.3. The molecule has 1 spiro atoms. The SMILES string of the molecule is O=c1[nH]cc(-c2cc(N3CC(Oc4cnc(C(F)(F)F)cn4)C4(CC4)C3)c3nccn3n2)c(=O)[nH]1. The fraction of sp³-hybridized carbons (Fsp3) is 0.333. The molecular formula is C21H17F3N8O3. The summed E-state index contributed by atoms with van der Waals surface area (Å²) in [6, 6.07) is 1.72. The number of aromatic nitrogens is 7. The fourth-order valence-corrected chi connectivity index (χ4v) is 4.46. The lowest BCUT2D eigenvalue weighted by molar-refractivity contribution is -0.141. The Bertz CT molecular complexity index is 1540. The van der Waals surface area contributed by atoms with Gasteiger partial charge in [0.05, 0.1) is 30.2 Å². The maximum atomic E-state index is 12.8. The van der Waals surface area contributed by atoms with Crippen molar-refractivity contribution in [2.75, 3.05) is 18.0 Å². The van der Waals surface area contributed by atoms with Crippen molar-refractivity contribution in [3.05, 3.63) is 63.6 Å². The number of hydrogen-bond acceptors (Lipinski definition) is 8. The van der Waals surface area contributed by atoms with Crippen LogP contribution in [0.2, 0.25) is 0 Å². The quantitative estimate of drug-likeness (QED) is 0.445. The van der Waals surface area contributed by atoms with Gasteiger partial charge >= 0.3 is 11.9 Å². The van der Waals surface area contributed by atoms with E-state index in [2.05, 4.69) is 34.9 Å². The standard InChI is InChI=1S/C21H17F3N8O3/c22-21(23,24)14-7-27-16(8-26-14)35-15-9-31(10-20(15)1-2-20)13-5-12(30-32-4-3-25-17(13)32)11-6-28-19(34)29-18(11)33/h3-8,15H,1-2,9-10H2,(H2,28,29,33,34). The van der Waals surface area contributed by atoms with E-state index in [0.29, 0.717) is 36.3 Å². The van der Waals surface area contributed by atoms with E-state index < -0.39 is 23.1 Å². The Kier molecular flexibility index (Phi) is 4.50. The summed E-state index contributed by atoms with van der Waals surface area (Å²) < 4.78 is 45.9. The van der Waals surface area contributed by atoms with Crippen LogP contribution in [-0.4, -0.2) is 53.7 Å². The van der Waals surface area contributed by atoms with Gasteiger partial charge in [-0.25, -0.2) is 24.3 Å². The minimum atomic E-state index is -4.57. The largest absolute Gasteiger partial charge is 0.471 e. The highest BCUT2D eigenvalue weighted by atomic mass is 19.4. The maximum absolute atomic E-state index is 12.8. The molecule has 1 aliphatic carbocycles. The smallest absolute Gasteiger partial charge is 0.434 e. The van der Waals surface area contributed by atoms with Crippen LogP contribution in [0.4, 0.5) is 18.9 Å². The summed E-state index contributed by atoms with van der Waals surface area (Å²) in [5, 5.41) is 4.44. The monoisotopic (exact) mass is 486 g/mol. The van der Waals surface area contributed by atoms with Crippen molar-refractivity contribution in [3.8, 4) is 17.1 Å². The maximum Gasteiger partial charge on any atom is 0.434 e. The van der Waals surface area contributed by atoms with Crippen LogP contribution in [0.5, 0.6) is 5.88 Å². The van der Waals surface area contributed by atoms with E-state index >= 15 is 0 Å². The number of anilines is 1. The number of H-pyrrole nitrogens is 2. The topological polar surface area (TPSA) is 134 Å². The molecule has 5 heterocycles. The first-order valence-electron chi connectivity index (χ1n) is 10.7. The van der Waals surface area contributed by atoms with Gasteiger partial charge < -0.3 is 14.6 Å². The highest BCUT2D eigenvalue weighted by Gasteiger charge is 2.57. The molecule has 4 aromatic rings. The number of rotatable bonds is 4. The summed E-state index contributed by atoms with van der Waals surface area (Å²) in [7, 11) is 0. The molecule has 2 N–H and O–H groups in total. The van der Waals surface area contributed by atoms with E-state index in [9.17, 15) is 22.8 Å². The van der Waals surface area contributed by atoms with Gasteiger partial charge in [0.15, 0.2) is 11.3 Å². The highest BCUT2D eigenvalue weighted by Crippen LogP contribution is 2.54. The molecule has 0 amide bonds. The highest BCUT2D eigenvalue weighted by molar-refractivity contribution is 5.74. The van der Waals surface area contributed by atoms with Gasteiger partial charge in [-0.3, -0.25) is 9.78 Å². The molecule has 4 aromatic heterocycles. The van der Waals surface area contributed by atoms with Gasteiger partial charge in [0.1, 0.15) is 11.8 Å². The molecule has 6 rings (SSSR count). The second-order valence-corrected chi connectivity index (χ2v) is 8.68. The number of halogens is 3. The lowest BCUT2D eigenvalue weighted by Gasteiger charge is -2.20. The number of ether oxygens (including phenoxy) is 1. The zero-order valence-corrected chi connectivity index (χ0v) is 17.9. The summed E-state index contributed by atoms with van der Waals surface area (Å²) in [5.74, 6) is 0.0253. The van der Waals surface area contributed by atoms with Crippen LogP contribution in [0.1, 0.15) is 18.5 Å². The molecule has 1 aliphatic heterocycles. The molecule has 180 valence electrons. The summed E-state index contributed by atoms with van der Waals surface area (Å²) in [4.78, 5) is 42.1. The molecule has 1 atom stereocenters. The summed E-state index contributed by atoms with van der Waals surface area (Å²) in [6.07, 6.45) is 3.07. The van der Waals surface area contributed by atoms with Gasteiger partial charge in [0, 0.05) is 30.6 Å². The third kappa shape index (κ3) is 3.70. The third-order valence-electron chi connectivity index (χ3n) is 6.42. The van der Waals surface area contributed by atoms with Gasteiger partial charge in [0.25, 0.3) is 5.56 Å². The Hall–Kier alpha value is -4.23. The first-order valence-corrected chi connectivity index (χ1v) is 10.7. The molecule has 2 aliphatic rings. The Labute approximate surface area is 193 Å². The van der Waals surface area contributed by atoms with Crippen LogP contribution in [0.25, 0.3) is 16.9 Å². The van der Waals surface area contributed by atoms with Gasteiger partial charge in [-0.1, -0.05) is 0 Å². The van der Waals surface area contributed by atoms with Crippen molar-refractivity contribution in [3.63, 3.8) is 0 Å². The van der Waals surface area contributed by atoms with Crippen molar-refractivity contribution >= 4 is 11.3 Å². The zero-order valence-electron chi connectivity index (χ0n) is 17.9. The van der Waals surface area contributed by atoms with Crippen molar-refractivity contribution in [2.45, 2.75) is 25.1 Å².